The molecule has 3 rings (SSSR count). The fraction of sp³-hybridized carbons (Fsp3) is 0.421. The minimum Gasteiger partial charge on any atom is -0.481 e. The monoisotopic (exact) mass is 341 g/mol. The molecule has 1 unspecified atom stereocenters. The van der Waals surface area contributed by atoms with Crippen LogP contribution < -0.4 is 0 Å². The third kappa shape index (κ3) is 4.68. The number of benzene rings is 1. The van der Waals surface area contributed by atoms with E-state index in [9.17, 15) is 9.59 Å². The molecule has 1 atom stereocenters. The Morgan fingerprint density at radius 1 is 1.24 bits per heavy atom. The number of hydrogen-bond acceptors (Lipinski definition) is 3. The maximum absolute atomic E-state index is 12.7. The predicted octanol–water partition coefficient (Wildman–Crippen LogP) is 2.65. The number of aliphatic carboxylic acids is 1. The lowest BCUT2D eigenvalue weighted by Crippen LogP contribution is -2.40. The summed E-state index contributed by atoms with van der Waals surface area (Å²) in [6.45, 7) is 2.14. The predicted molar refractivity (Wildman–Crippen MR) is 93.3 cm³/mol. The highest BCUT2D eigenvalue weighted by molar-refractivity contribution is 5.94. The quantitative estimate of drug-likeness (QED) is 0.876. The van der Waals surface area contributed by atoms with Gasteiger partial charge in [0.05, 0.1) is 6.33 Å². The highest BCUT2D eigenvalue weighted by Crippen LogP contribution is 2.22. The highest BCUT2D eigenvalue weighted by atomic mass is 16.4. The van der Waals surface area contributed by atoms with Gasteiger partial charge in [0.1, 0.15) is 0 Å². The number of carboxylic acids is 1. The Morgan fingerprint density at radius 3 is 2.72 bits per heavy atom. The number of carbonyl (C=O) groups is 2. The SMILES string of the molecule is O=C(O)CCC1CCCN(C(=O)c2ccc(Cn3ccnc3)cc2)C1. The first kappa shape index (κ1) is 17.2. The van der Waals surface area contributed by atoms with Gasteiger partial charge in [0.25, 0.3) is 5.91 Å². The molecule has 1 saturated heterocycles. The Labute approximate surface area is 147 Å². The van der Waals surface area contributed by atoms with Gasteiger partial charge in [0.15, 0.2) is 0 Å². The Kier molecular flexibility index (Phi) is 5.48. The molecule has 1 aromatic heterocycles. The van der Waals surface area contributed by atoms with E-state index in [1.165, 1.54) is 0 Å². The molecule has 6 heteroatoms. The summed E-state index contributed by atoms with van der Waals surface area (Å²) in [6.07, 6.45) is 8.18. The Morgan fingerprint density at radius 2 is 2.04 bits per heavy atom. The van der Waals surface area contributed by atoms with Crippen molar-refractivity contribution in [3.05, 3.63) is 54.1 Å². The molecule has 2 aromatic rings. The number of carboxylic acid groups (broad SMARTS) is 1. The molecule has 0 aliphatic carbocycles. The van der Waals surface area contributed by atoms with E-state index < -0.39 is 5.97 Å². The summed E-state index contributed by atoms with van der Waals surface area (Å²) < 4.78 is 1.98. The summed E-state index contributed by atoms with van der Waals surface area (Å²) in [5.41, 5.74) is 1.81. The first-order chi connectivity index (χ1) is 12.1. The molecule has 6 nitrogen and oxygen atoms in total. The van der Waals surface area contributed by atoms with Crippen LogP contribution in [0.25, 0.3) is 0 Å². The second-order valence-corrected chi connectivity index (χ2v) is 6.62. The van der Waals surface area contributed by atoms with Gasteiger partial charge in [-0.05, 0) is 42.9 Å². The van der Waals surface area contributed by atoms with Gasteiger partial charge in [-0.3, -0.25) is 9.59 Å². The number of hydrogen-bond donors (Lipinski definition) is 1. The van der Waals surface area contributed by atoms with Gasteiger partial charge in [-0.2, -0.15) is 0 Å². The molecule has 1 aromatic carbocycles. The van der Waals surface area contributed by atoms with Crippen molar-refractivity contribution in [1.82, 2.24) is 14.5 Å². The summed E-state index contributed by atoms with van der Waals surface area (Å²) in [6, 6.07) is 7.68. The minimum atomic E-state index is -0.767. The summed E-state index contributed by atoms with van der Waals surface area (Å²) in [5, 5.41) is 8.83. The number of aromatic nitrogens is 2. The first-order valence-electron chi connectivity index (χ1n) is 8.67. The van der Waals surface area contributed by atoms with Crippen molar-refractivity contribution in [2.45, 2.75) is 32.2 Å². The summed E-state index contributed by atoms with van der Waals surface area (Å²) in [7, 11) is 0. The molecule has 1 N–H and O–H groups in total. The third-order valence-electron chi connectivity index (χ3n) is 4.70. The number of amides is 1. The van der Waals surface area contributed by atoms with E-state index in [4.69, 9.17) is 5.11 Å². The second kappa shape index (κ2) is 7.96. The van der Waals surface area contributed by atoms with Crippen LogP contribution in [0, 0.1) is 5.92 Å². The molecule has 1 aliphatic heterocycles. The number of carbonyl (C=O) groups excluding carboxylic acids is 1. The van der Waals surface area contributed by atoms with E-state index in [1.807, 2.05) is 39.9 Å². The maximum atomic E-state index is 12.7. The van der Waals surface area contributed by atoms with Crippen molar-refractivity contribution >= 4 is 11.9 Å². The van der Waals surface area contributed by atoms with Crippen LogP contribution >= 0.6 is 0 Å². The average Bonchev–Trinajstić information content (AvgIpc) is 3.13. The molecule has 2 heterocycles. The van der Waals surface area contributed by atoms with Gasteiger partial charge in [-0.25, -0.2) is 4.98 Å². The average molecular weight is 341 g/mol. The van der Waals surface area contributed by atoms with Gasteiger partial charge in [0.2, 0.25) is 0 Å². The fourth-order valence-electron chi connectivity index (χ4n) is 3.34. The molecule has 0 bridgehead atoms. The van der Waals surface area contributed by atoms with Crippen molar-refractivity contribution in [1.29, 1.82) is 0 Å². The van der Waals surface area contributed by atoms with Gasteiger partial charge in [-0.1, -0.05) is 12.1 Å². The number of piperidine rings is 1. The number of nitrogens with zero attached hydrogens (tertiary/aromatic N) is 3. The standard InChI is InChI=1S/C19H23N3O3/c23-18(24)8-5-15-2-1-10-22(13-15)19(25)17-6-3-16(4-7-17)12-21-11-9-20-14-21/h3-4,6-7,9,11,14-15H,1-2,5,8,10,12-13H2,(H,23,24). The Hall–Kier alpha value is -2.63. The zero-order valence-corrected chi connectivity index (χ0v) is 14.2. The lowest BCUT2D eigenvalue weighted by Gasteiger charge is -2.32. The van der Waals surface area contributed by atoms with Gasteiger partial charge < -0.3 is 14.6 Å². The molecular weight excluding hydrogens is 318 g/mol. The molecule has 0 radical (unpaired) electrons. The molecule has 1 aliphatic rings. The zero-order valence-electron chi connectivity index (χ0n) is 14.2. The van der Waals surface area contributed by atoms with E-state index >= 15 is 0 Å². The van der Waals surface area contributed by atoms with Crippen LogP contribution in [0.3, 0.4) is 0 Å². The normalized spacial score (nSPS) is 17.4. The fourth-order valence-corrected chi connectivity index (χ4v) is 3.34. The lowest BCUT2D eigenvalue weighted by molar-refractivity contribution is -0.137. The zero-order chi connectivity index (χ0) is 17.6. The molecule has 1 fully saturated rings. The van der Waals surface area contributed by atoms with Gasteiger partial charge in [0, 0.05) is 44.0 Å². The van der Waals surface area contributed by atoms with E-state index in [0.29, 0.717) is 18.5 Å². The third-order valence-corrected chi connectivity index (χ3v) is 4.70. The van der Waals surface area contributed by atoms with Crippen LogP contribution in [0.5, 0.6) is 0 Å². The van der Waals surface area contributed by atoms with Crippen molar-refractivity contribution in [3.8, 4) is 0 Å². The van der Waals surface area contributed by atoms with E-state index in [0.717, 1.165) is 31.5 Å². The summed E-state index contributed by atoms with van der Waals surface area (Å²) in [5.74, 6) is -0.444. The number of imidazole rings is 1. The summed E-state index contributed by atoms with van der Waals surface area (Å²) >= 11 is 0. The second-order valence-electron chi connectivity index (χ2n) is 6.62. The van der Waals surface area contributed by atoms with Crippen LogP contribution in [-0.4, -0.2) is 44.5 Å². The Balaban J connectivity index is 1.59. The maximum Gasteiger partial charge on any atom is 0.303 e. The highest BCUT2D eigenvalue weighted by Gasteiger charge is 2.24. The van der Waals surface area contributed by atoms with Crippen LogP contribution in [0.4, 0.5) is 0 Å². The van der Waals surface area contributed by atoms with Crippen LogP contribution in [0.15, 0.2) is 43.0 Å². The smallest absolute Gasteiger partial charge is 0.303 e. The largest absolute Gasteiger partial charge is 0.481 e. The van der Waals surface area contributed by atoms with Crippen molar-refractivity contribution in [2.24, 2.45) is 5.92 Å². The summed E-state index contributed by atoms with van der Waals surface area (Å²) in [4.78, 5) is 29.3. The number of likely N-dealkylation sites (tertiary alicyclic amines) is 1. The topological polar surface area (TPSA) is 75.4 Å². The van der Waals surface area contributed by atoms with Crippen molar-refractivity contribution in [3.63, 3.8) is 0 Å². The molecule has 1 amide bonds. The van der Waals surface area contributed by atoms with E-state index in [-0.39, 0.29) is 18.2 Å². The van der Waals surface area contributed by atoms with Crippen molar-refractivity contribution in [2.75, 3.05) is 13.1 Å². The Bertz CT molecular complexity index is 710. The molecule has 25 heavy (non-hydrogen) atoms. The van der Waals surface area contributed by atoms with Gasteiger partial charge >= 0.3 is 5.97 Å². The molecular formula is C19H23N3O3. The molecule has 0 saturated carbocycles. The van der Waals surface area contributed by atoms with Crippen LogP contribution in [0.1, 0.15) is 41.6 Å². The minimum absolute atomic E-state index is 0.0363. The number of rotatable bonds is 6. The molecule has 132 valence electrons. The van der Waals surface area contributed by atoms with Gasteiger partial charge in [-0.15, -0.1) is 0 Å². The van der Waals surface area contributed by atoms with E-state index in [1.54, 1.807) is 12.5 Å². The van der Waals surface area contributed by atoms with E-state index in [2.05, 4.69) is 4.98 Å². The lowest BCUT2D eigenvalue weighted by atomic mass is 9.93. The van der Waals surface area contributed by atoms with Crippen LogP contribution in [-0.2, 0) is 11.3 Å². The van der Waals surface area contributed by atoms with Crippen molar-refractivity contribution < 1.29 is 14.7 Å². The molecule has 0 spiro atoms. The first-order valence-corrected chi connectivity index (χ1v) is 8.67. The van der Waals surface area contributed by atoms with Crippen LogP contribution in [0.2, 0.25) is 0 Å².